The van der Waals surface area contributed by atoms with Gasteiger partial charge in [-0.1, -0.05) is 35.9 Å². The van der Waals surface area contributed by atoms with E-state index in [4.69, 9.17) is 0 Å². The van der Waals surface area contributed by atoms with Crippen molar-refractivity contribution in [3.8, 4) is 0 Å². The molecule has 1 aromatic rings. The van der Waals surface area contributed by atoms with E-state index in [0.717, 1.165) is 5.56 Å². The molecule has 0 heterocycles. The number of hydrogen-bond acceptors (Lipinski definition) is 1. The Bertz CT molecular complexity index is 236. The molecule has 1 heteroatoms. The van der Waals surface area contributed by atoms with Crippen molar-refractivity contribution in [2.75, 3.05) is 0 Å². The van der Waals surface area contributed by atoms with E-state index in [9.17, 15) is 5.11 Å². The summed E-state index contributed by atoms with van der Waals surface area (Å²) in [6, 6.07) is 7.76. The number of aliphatic hydroxyl groups is 1. The molecule has 11 heavy (non-hydrogen) atoms. The van der Waals surface area contributed by atoms with Crippen LogP contribution >= 0.6 is 0 Å². The Morgan fingerprint density at radius 1 is 1.36 bits per heavy atom. The van der Waals surface area contributed by atoms with Gasteiger partial charge in [0.1, 0.15) is 0 Å². The second kappa shape index (κ2) is 3.35. The van der Waals surface area contributed by atoms with E-state index in [0.29, 0.717) is 0 Å². The molecular formula is C10H12O. The number of aliphatic hydroxyl groups excluding tert-OH is 1. The van der Waals surface area contributed by atoms with Crippen molar-refractivity contribution in [2.24, 2.45) is 0 Å². The number of hydrogen-bond donors (Lipinski definition) is 1. The first-order chi connectivity index (χ1) is 5.24. The summed E-state index contributed by atoms with van der Waals surface area (Å²) in [5, 5.41) is 9.30. The summed E-state index contributed by atoms with van der Waals surface area (Å²) in [5.74, 6) is 0. The molecule has 0 aliphatic rings. The minimum absolute atomic E-state index is 0.532. The molecule has 0 fully saturated rings. The molecule has 58 valence electrons. The van der Waals surface area contributed by atoms with Gasteiger partial charge in [0.25, 0.3) is 0 Å². The summed E-state index contributed by atoms with van der Waals surface area (Å²) >= 11 is 0. The molecule has 0 spiro atoms. The highest BCUT2D eigenvalue weighted by molar-refractivity contribution is 5.24. The Hall–Kier alpha value is -1.08. The predicted octanol–water partition coefficient (Wildman–Crippen LogP) is 2.21. The molecule has 0 radical (unpaired) electrons. The molecule has 0 aromatic heterocycles. The highest BCUT2D eigenvalue weighted by Gasteiger charge is 1.99. The average molecular weight is 148 g/mol. The van der Waals surface area contributed by atoms with E-state index >= 15 is 0 Å². The van der Waals surface area contributed by atoms with Crippen LogP contribution in [0.3, 0.4) is 0 Å². The molecule has 0 aliphatic carbocycles. The fourth-order valence-electron chi connectivity index (χ4n) is 0.900. The van der Waals surface area contributed by atoms with Crippen LogP contribution in [0.2, 0.25) is 0 Å². The van der Waals surface area contributed by atoms with Crippen molar-refractivity contribution in [3.05, 3.63) is 48.0 Å². The highest BCUT2D eigenvalue weighted by atomic mass is 16.3. The van der Waals surface area contributed by atoms with Crippen molar-refractivity contribution < 1.29 is 5.11 Å². The van der Waals surface area contributed by atoms with Gasteiger partial charge in [-0.15, -0.1) is 6.58 Å². The van der Waals surface area contributed by atoms with Crippen LogP contribution in [0.15, 0.2) is 36.9 Å². The van der Waals surface area contributed by atoms with E-state index in [-0.39, 0.29) is 0 Å². The topological polar surface area (TPSA) is 20.2 Å². The fourth-order valence-corrected chi connectivity index (χ4v) is 0.900. The predicted molar refractivity (Wildman–Crippen MR) is 46.3 cm³/mol. The number of rotatable bonds is 2. The van der Waals surface area contributed by atoms with E-state index in [1.54, 1.807) is 0 Å². The van der Waals surface area contributed by atoms with Crippen LogP contribution in [0.4, 0.5) is 0 Å². The summed E-state index contributed by atoms with van der Waals surface area (Å²) in [4.78, 5) is 0. The first-order valence-electron chi connectivity index (χ1n) is 3.61. The van der Waals surface area contributed by atoms with Gasteiger partial charge < -0.3 is 5.11 Å². The molecule has 0 bridgehead atoms. The van der Waals surface area contributed by atoms with Crippen molar-refractivity contribution in [3.63, 3.8) is 0 Å². The van der Waals surface area contributed by atoms with E-state index < -0.39 is 6.10 Å². The minimum Gasteiger partial charge on any atom is -0.384 e. The number of aryl methyl sites for hydroxylation is 1. The van der Waals surface area contributed by atoms with Gasteiger partial charge in [-0.25, -0.2) is 0 Å². The van der Waals surface area contributed by atoms with E-state index in [1.165, 1.54) is 11.6 Å². The van der Waals surface area contributed by atoms with Crippen LogP contribution in [-0.2, 0) is 0 Å². The zero-order chi connectivity index (χ0) is 8.27. The highest BCUT2D eigenvalue weighted by Crippen LogP contribution is 2.13. The minimum atomic E-state index is -0.532. The molecule has 0 amide bonds. The van der Waals surface area contributed by atoms with Crippen LogP contribution in [0.5, 0.6) is 0 Å². The monoisotopic (exact) mass is 148 g/mol. The molecule has 1 rings (SSSR count). The van der Waals surface area contributed by atoms with Crippen molar-refractivity contribution in [1.82, 2.24) is 0 Å². The Balaban J connectivity index is 2.89. The first-order valence-corrected chi connectivity index (χ1v) is 3.61. The van der Waals surface area contributed by atoms with Crippen LogP contribution in [0, 0.1) is 6.92 Å². The molecular weight excluding hydrogens is 136 g/mol. The average Bonchev–Trinajstić information content (AvgIpc) is 2.05. The summed E-state index contributed by atoms with van der Waals surface area (Å²) < 4.78 is 0. The lowest BCUT2D eigenvalue weighted by atomic mass is 10.1. The van der Waals surface area contributed by atoms with Gasteiger partial charge in [0.05, 0.1) is 6.10 Å². The smallest absolute Gasteiger partial charge is 0.0969 e. The summed E-state index contributed by atoms with van der Waals surface area (Å²) in [5.41, 5.74) is 2.09. The van der Waals surface area contributed by atoms with Crippen molar-refractivity contribution >= 4 is 0 Å². The maximum Gasteiger partial charge on any atom is 0.0969 e. The van der Waals surface area contributed by atoms with Crippen LogP contribution in [-0.4, -0.2) is 5.11 Å². The molecule has 0 saturated carbocycles. The molecule has 1 N–H and O–H groups in total. The Labute approximate surface area is 67.0 Å². The second-order valence-corrected chi connectivity index (χ2v) is 2.59. The summed E-state index contributed by atoms with van der Waals surface area (Å²) in [6.45, 7) is 5.53. The van der Waals surface area contributed by atoms with Crippen LogP contribution in [0.1, 0.15) is 17.2 Å². The van der Waals surface area contributed by atoms with Gasteiger partial charge in [0.15, 0.2) is 0 Å². The van der Waals surface area contributed by atoms with Gasteiger partial charge in [0, 0.05) is 0 Å². The second-order valence-electron chi connectivity index (χ2n) is 2.59. The van der Waals surface area contributed by atoms with Crippen molar-refractivity contribution in [1.29, 1.82) is 0 Å². The first kappa shape index (κ1) is 8.02. The molecule has 1 aromatic carbocycles. The Morgan fingerprint density at radius 3 is 2.36 bits per heavy atom. The Kier molecular flexibility index (Phi) is 2.44. The summed E-state index contributed by atoms with van der Waals surface area (Å²) in [6.07, 6.45) is 0.987. The standard InChI is InChI=1S/C10H12O/c1-3-10(11)9-6-4-8(2)5-7-9/h3-7,10-11H,1H2,2H3/t10-/m1/s1. The van der Waals surface area contributed by atoms with Crippen LogP contribution < -0.4 is 0 Å². The van der Waals surface area contributed by atoms with Gasteiger partial charge in [-0.05, 0) is 12.5 Å². The lowest BCUT2D eigenvalue weighted by molar-refractivity contribution is 0.229. The van der Waals surface area contributed by atoms with Crippen LogP contribution in [0.25, 0.3) is 0 Å². The van der Waals surface area contributed by atoms with E-state index in [2.05, 4.69) is 6.58 Å². The van der Waals surface area contributed by atoms with Gasteiger partial charge >= 0.3 is 0 Å². The third-order valence-electron chi connectivity index (χ3n) is 1.64. The fraction of sp³-hybridized carbons (Fsp3) is 0.200. The maximum atomic E-state index is 9.30. The van der Waals surface area contributed by atoms with Gasteiger partial charge in [-0.3, -0.25) is 0 Å². The SMILES string of the molecule is C=C[C@@H](O)c1ccc(C)cc1. The van der Waals surface area contributed by atoms with Crippen molar-refractivity contribution in [2.45, 2.75) is 13.0 Å². The largest absolute Gasteiger partial charge is 0.384 e. The number of benzene rings is 1. The zero-order valence-electron chi connectivity index (χ0n) is 6.62. The third kappa shape index (κ3) is 1.92. The lowest BCUT2D eigenvalue weighted by Crippen LogP contribution is -1.91. The van der Waals surface area contributed by atoms with E-state index in [1.807, 2.05) is 31.2 Å². The molecule has 0 saturated heterocycles. The maximum absolute atomic E-state index is 9.30. The quantitative estimate of drug-likeness (QED) is 0.637. The molecule has 0 aliphatic heterocycles. The van der Waals surface area contributed by atoms with Gasteiger partial charge in [0.2, 0.25) is 0 Å². The third-order valence-corrected chi connectivity index (χ3v) is 1.64. The Morgan fingerprint density at radius 2 is 1.91 bits per heavy atom. The van der Waals surface area contributed by atoms with Gasteiger partial charge in [-0.2, -0.15) is 0 Å². The normalized spacial score (nSPS) is 12.5. The molecule has 0 unspecified atom stereocenters. The summed E-state index contributed by atoms with van der Waals surface area (Å²) in [7, 11) is 0. The molecule has 1 atom stereocenters. The molecule has 1 nitrogen and oxygen atoms in total. The lowest BCUT2D eigenvalue weighted by Gasteiger charge is -2.04. The zero-order valence-corrected chi connectivity index (χ0v) is 6.62.